The first-order valence-corrected chi connectivity index (χ1v) is 10.3. The van der Waals surface area contributed by atoms with Crippen molar-refractivity contribution in [1.29, 1.82) is 10.5 Å². The topological polar surface area (TPSA) is 67.9 Å². The number of carbonyl (C=O) groups is 1. The highest BCUT2D eigenvalue weighted by atomic mass is 35.5. The third-order valence-corrected chi connectivity index (χ3v) is 6.40. The van der Waals surface area contributed by atoms with Crippen LogP contribution in [0.5, 0.6) is 0 Å². The Balaban J connectivity index is 2.02. The lowest BCUT2D eigenvalue weighted by atomic mass is 9.68. The first kappa shape index (κ1) is 20.2. The van der Waals surface area contributed by atoms with Gasteiger partial charge in [-0.2, -0.15) is 10.5 Å². The van der Waals surface area contributed by atoms with E-state index in [9.17, 15) is 15.3 Å². The van der Waals surface area contributed by atoms with Crippen LogP contribution in [0.2, 0.25) is 5.02 Å². The second-order valence-corrected chi connectivity index (χ2v) is 9.39. The molecule has 3 atom stereocenters. The smallest absolute Gasteiger partial charge is 0.176 e. The summed E-state index contributed by atoms with van der Waals surface area (Å²) in [7, 11) is 0. The fourth-order valence-electron chi connectivity index (χ4n) is 4.72. The van der Waals surface area contributed by atoms with Crippen molar-refractivity contribution in [3.63, 3.8) is 0 Å². The summed E-state index contributed by atoms with van der Waals surface area (Å²) in [6.45, 7) is 5.65. The number of fused-ring (bicyclic) bond motifs is 3. The lowest BCUT2D eigenvalue weighted by Crippen LogP contribution is -2.47. The van der Waals surface area contributed by atoms with Crippen LogP contribution in [0.15, 0.2) is 54.6 Å². The molecule has 2 heterocycles. The molecule has 5 heteroatoms. The molecule has 4 nitrogen and oxygen atoms in total. The second-order valence-electron chi connectivity index (χ2n) is 8.95. The highest BCUT2D eigenvalue weighted by molar-refractivity contribution is 6.30. The van der Waals surface area contributed by atoms with E-state index in [0.717, 1.165) is 16.8 Å². The number of nitrogens with zero attached hydrogens (tertiary/aromatic N) is 3. The van der Waals surface area contributed by atoms with Gasteiger partial charge in [0.2, 0.25) is 0 Å². The van der Waals surface area contributed by atoms with Crippen LogP contribution in [0.25, 0.3) is 6.08 Å². The number of hydrogen-bond acceptors (Lipinski definition) is 4. The van der Waals surface area contributed by atoms with Gasteiger partial charge in [0.15, 0.2) is 11.2 Å². The molecule has 0 bridgehead atoms. The number of nitriles is 2. The number of benzene rings is 2. The van der Waals surface area contributed by atoms with Crippen molar-refractivity contribution in [2.75, 3.05) is 4.90 Å². The van der Waals surface area contributed by atoms with Crippen LogP contribution in [-0.2, 0) is 4.79 Å². The van der Waals surface area contributed by atoms with E-state index < -0.39 is 28.8 Å². The van der Waals surface area contributed by atoms with Gasteiger partial charge in [-0.1, -0.05) is 74.9 Å². The summed E-state index contributed by atoms with van der Waals surface area (Å²) in [5.41, 5.74) is 0.562. The Kier molecular flexibility index (Phi) is 4.72. The SMILES string of the molecule is CC(C)(C)C(=O)[C@H]1[C@H](c2ccc(Cl)cc2)C(C#N)(C#N)[C@H]2C=Cc3ccccc3N12. The third-order valence-electron chi connectivity index (χ3n) is 6.15. The van der Waals surface area contributed by atoms with Gasteiger partial charge in [-0.05, 0) is 29.3 Å². The Morgan fingerprint density at radius 3 is 2.30 bits per heavy atom. The molecule has 0 saturated carbocycles. The summed E-state index contributed by atoms with van der Waals surface area (Å²) in [6.07, 6.45) is 3.84. The van der Waals surface area contributed by atoms with Crippen LogP contribution in [0.3, 0.4) is 0 Å². The zero-order valence-corrected chi connectivity index (χ0v) is 17.9. The third kappa shape index (κ3) is 2.83. The summed E-state index contributed by atoms with van der Waals surface area (Å²) >= 11 is 6.10. The second kappa shape index (κ2) is 7.01. The molecule has 0 aromatic heterocycles. The van der Waals surface area contributed by atoms with Crippen LogP contribution >= 0.6 is 11.6 Å². The van der Waals surface area contributed by atoms with E-state index in [1.54, 1.807) is 12.1 Å². The molecule has 2 aliphatic heterocycles. The van der Waals surface area contributed by atoms with E-state index in [2.05, 4.69) is 12.1 Å². The molecule has 1 saturated heterocycles. The van der Waals surface area contributed by atoms with E-state index >= 15 is 0 Å². The predicted octanol–water partition coefficient (Wildman–Crippen LogP) is 5.36. The van der Waals surface area contributed by atoms with Gasteiger partial charge < -0.3 is 4.90 Å². The van der Waals surface area contributed by atoms with Gasteiger partial charge in [0.1, 0.15) is 0 Å². The predicted molar refractivity (Wildman–Crippen MR) is 118 cm³/mol. The average molecular weight is 416 g/mol. The highest BCUT2D eigenvalue weighted by Crippen LogP contribution is 2.56. The van der Waals surface area contributed by atoms with Crippen molar-refractivity contribution in [2.24, 2.45) is 10.8 Å². The number of halogens is 1. The highest BCUT2D eigenvalue weighted by Gasteiger charge is 2.64. The normalized spacial score (nSPS) is 23.8. The molecule has 0 unspecified atom stereocenters. The van der Waals surface area contributed by atoms with Crippen LogP contribution in [0.1, 0.15) is 37.8 Å². The van der Waals surface area contributed by atoms with Gasteiger partial charge in [0.25, 0.3) is 0 Å². The molecule has 30 heavy (non-hydrogen) atoms. The minimum Gasteiger partial charge on any atom is -0.351 e. The number of carbonyl (C=O) groups excluding carboxylic acids is 1. The Morgan fingerprint density at radius 1 is 1.07 bits per heavy atom. The average Bonchev–Trinajstić information content (AvgIpc) is 3.04. The number of hydrogen-bond donors (Lipinski definition) is 0. The van der Waals surface area contributed by atoms with Gasteiger partial charge in [-0.3, -0.25) is 4.79 Å². The first-order valence-electron chi connectivity index (χ1n) is 9.92. The number of anilines is 1. The standard InChI is InChI=1S/C25H22ClN3O/c1-24(2,3)23(30)22-21(17-8-11-18(26)12-9-17)25(14-27,15-28)20-13-10-16-6-4-5-7-19(16)29(20)22/h4-13,20-22H,1-3H3/t20-,21+,22-/m1/s1. The molecule has 0 spiro atoms. The zero-order valence-electron chi connectivity index (χ0n) is 17.1. The minimum absolute atomic E-state index is 0.00456. The van der Waals surface area contributed by atoms with Crippen LogP contribution in [-0.4, -0.2) is 17.9 Å². The monoisotopic (exact) mass is 415 g/mol. The fraction of sp³-hybridized carbons (Fsp3) is 0.320. The summed E-state index contributed by atoms with van der Waals surface area (Å²) in [5.74, 6) is -0.609. The van der Waals surface area contributed by atoms with Crippen molar-refractivity contribution < 1.29 is 4.79 Å². The summed E-state index contributed by atoms with van der Waals surface area (Å²) in [4.78, 5) is 15.8. The number of Topliss-reactive ketones (excluding diaryl/α,β-unsaturated/α-hetero) is 1. The summed E-state index contributed by atoms with van der Waals surface area (Å²) < 4.78 is 0. The molecule has 2 aromatic rings. The van der Waals surface area contributed by atoms with Crippen molar-refractivity contribution in [3.05, 3.63) is 70.8 Å². The minimum atomic E-state index is -1.41. The lowest BCUT2D eigenvalue weighted by molar-refractivity contribution is -0.127. The number of ketones is 1. The molecule has 2 aliphatic rings. The summed E-state index contributed by atoms with van der Waals surface area (Å²) in [6, 6.07) is 18.4. The van der Waals surface area contributed by atoms with Crippen molar-refractivity contribution >= 4 is 29.1 Å². The molecule has 0 aliphatic carbocycles. The van der Waals surface area contributed by atoms with Crippen molar-refractivity contribution in [3.8, 4) is 12.1 Å². The van der Waals surface area contributed by atoms with E-state index in [0.29, 0.717) is 5.02 Å². The van der Waals surface area contributed by atoms with E-state index in [-0.39, 0.29) is 5.78 Å². The van der Waals surface area contributed by atoms with Gasteiger partial charge in [0, 0.05) is 22.0 Å². The van der Waals surface area contributed by atoms with Crippen LogP contribution in [0.4, 0.5) is 5.69 Å². The molecule has 150 valence electrons. The molecular formula is C25H22ClN3O. The Hall–Kier alpha value is -3.08. The quantitative estimate of drug-likeness (QED) is 0.662. The first-order chi connectivity index (χ1) is 14.2. The van der Waals surface area contributed by atoms with E-state index in [1.807, 2.05) is 74.2 Å². The fourth-order valence-corrected chi connectivity index (χ4v) is 4.85. The molecule has 0 N–H and O–H groups in total. The molecular weight excluding hydrogens is 394 g/mol. The molecule has 0 amide bonds. The zero-order chi connectivity index (χ0) is 21.7. The molecule has 0 radical (unpaired) electrons. The van der Waals surface area contributed by atoms with E-state index in [1.165, 1.54) is 0 Å². The van der Waals surface area contributed by atoms with Gasteiger partial charge in [-0.25, -0.2) is 0 Å². The molecule has 2 aromatic carbocycles. The Bertz CT molecular complexity index is 1100. The molecule has 4 rings (SSSR count). The largest absolute Gasteiger partial charge is 0.351 e. The van der Waals surface area contributed by atoms with Crippen molar-refractivity contribution in [2.45, 2.75) is 38.8 Å². The van der Waals surface area contributed by atoms with Gasteiger partial charge in [-0.15, -0.1) is 0 Å². The Labute approximate surface area is 182 Å². The van der Waals surface area contributed by atoms with Gasteiger partial charge in [0.05, 0.1) is 24.2 Å². The maximum absolute atomic E-state index is 13.8. The lowest BCUT2D eigenvalue weighted by Gasteiger charge is -2.37. The van der Waals surface area contributed by atoms with Crippen molar-refractivity contribution in [1.82, 2.24) is 0 Å². The number of rotatable bonds is 2. The van der Waals surface area contributed by atoms with Gasteiger partial charge >= 0.3 is 0 Å². The molecule has 1 fully saturated rings. The summed E-state index contributed by atoms with van der Waals surface area (Å²) in [5, 5.41) is 21.2. The van der Waals surface area contributed by atoms with E-state index in [4.69, 9.17) is 11.6 Å². The van der Waals surface area contributed by atoms with Crippen LogP contribution in [0, 0.1) is 33.5 Å². The number of para-hydroxylation sites is 1. The maximum atomic E-state index is 13.8. The van der Waals surface area contributed by atoms with Crippen LogP contribution < -0.4 is 4.90 Å². The maximum Gasteiger partial charge on any atom is 0.176 e. The Morgan fingerprint density at radius 2 is 1.70 bits per heavy atom.